The number of para-hydroxylation sites is 1. The van der Waals surface area contributed by atoms with Crippen molar-refractivity contribution in [3.8, 4) is 0 Å². The summed E-state index contributed by atoms with van der Waals surface area (Å²) in [4.78, 5) is 33.1. The van der Waals surface area contributed by atoms with Crippen molar-refractivity contribution in [2.24, 2.45) is 7.05 Å². The normalized spacial score (nSPS) is 13.8. The average Bonchev–Trinajstić information content (AvgIpc) is 3.56. The molecule has 1 aliphatic rings. The number of carbonyl (C=O) groups is 1. The van der Waals surface area contributed by atoms with Gasteiger partial charge in [0.05, 0.1) is 16.4 Å². The van der Waals surface area contributed by atoms with E-state index in [0.29, 0.717) is 33.9 Å². The van der Waals surface area contributed by atoms with E-state index in [9.17, 15) is 9.59 Å². The Bertz CT molecular complexity index is 1680. The highest BCUT2D eigenvalue weighted by molar-refractivity contribution is 5.99. The van der Waals surface area contributed by atoms with Gasteiger partial charge in [0.15, 0.2) is 12.4 Å². The molecular weight excluding hydrogens is 444 g/mol. The van der Waals surface area contributed by atoms with E-state index in [0.717, 1.165) is 42.4 Å². The molecule has 1 aliphatic heterocycles. The van der Waals surface area contributed by atoms with E-state index in [1.54, 1.807) is 11.4 Å². The van der Waals surface area contributed by atoms with Gasteiger partial charge in [0, 0.05) is 25.5 Å². The molecule has 0 spiro atoms. The molecule has 5 aromatic rings. The molecule has 3 aromatic heterocycles. The maximum atomic E-state index is 13.3. The Morgan fingerprint density at radius 3 is 2.69 bits per heavy atom. The molecule has 9 heteroatoms. The molecule has 6 rings (SSSR count). The molecule has 0 amide bonds. The number of fused-ring (bicyclic) bond motifs is 4. The molecule has 1 fully saturated rings. The maximum Gasteiger partial charge on any atom is 0.342 e. The SMILES string of the molecule is Cc1ccc2c(c1)c(=O)n(C)c1nnc(COC(=O)c3cc4ccccc4nc3N3CCCC3)n21. The second-order valence-corrected chi connectivity index (χ2v) is 8.96. The molecule has 0 saturated carbocycles. The highest BCUT2D eigenvalue weighted by Crippen LogP contribution is 2.27. The Morgan fingerprint density at radius 2 is 1.86 bits per heavy atom. The summed E-state index contributed by atoms with van der Waals surface area (Å²) < 4.78 is 8.98. The Morgan fingerprint density at radius 1 is 1.06 bits per heavy atom. The minimum absolute atomic E-state index is 0.0898. The average molecular weight is 469 g/mol. The molecule has 0 unspecified atom stereocenters. The summed E-state index contributed by atoms with van der Waals surface area (Å²) in [5.41, 5.74) is 2.79. The molecule has 0 bridgehead atoms. The highest BCUT2D eigenvalue weighted by Gasteiger charge is 2.24. The summed E-state index contributed by atoms with van der Waals surface area (Å²) in [7, 11) is 1.66. The van der Waals surface area contributed by atoms with E-state index in [1.165, 1.54) is 4.57 Å². The summed E-state index contributed by atoms with van der Waals surface area (Å²) in [5.74, 6) is 1.02. The molecular formula is C26H24N6O3. The van der Waals surface area contributed by atoms with Gasteiger partial charge in [-0.2, -0.15) is 0 Å². The first-order valence-electron chi connectivity index (χ1n) is 11.7. The largest absolute Gasteiger partial charge is 0.454 e. The van der Waals surface area contributed by atoms with Crippen molar-refractivity contribution in [3.63, 3.8) is 0 Å². The first kappa shape index (κ1) is 21.3. The van der Waals surface area contributed by atoms with Gasteiger partial charge < -0.3 is 9.64 Å². The lowest BCUT2D eigenvalue weighted by atomic mass is 10.1. The van der Waals surface area contributed by atoms with Crippen molar-refractivity contribution in [2.75, 3.05) is 18.0 Å². The smallest absolute Gasteiger partial charge is 0.342 e. The Labute approximate surface area is 200 Å². The van der Waals surface area contributed by atoms with Crippen molar-refractivity contribution >= 4 is 39.4 Å². The highest BCUT2D eigenvalue weighted by atomic mass is 16.5. The van der Waals surface area contributed by atoms with E-state index in [-0.39, 0.29) is 12.2 Å². The van der Waals surface area contributed by atoms with Crippen LogP contribution in [0.3, 0.4) is 0 Å². The van der Waals surface area contributed by atoms with Crippen LogP contribution in [0.2, 0.25) is 0 Å². The number of rotatable bonds is 4. The number of pyridine rings is 1. The Kier molecular flexibility index (Phi) is 4.98. The van der Waals surface area contributed by atoms with Crippen LogP contribution in [0.5, 0.6) is 0 Å². The molecule has 4 heterocycles. The van der Waals surface area contributed by atoms with Gasteiger partial charge in [-0.25, -0.2) is 9.78 Å². The molecule has 35 heavy (non-hydrogen) atoms. The fourth-order valence-electron chi connectivity index (χ4n) is 4.79. The third-order valence-corrected chi connectivity index (χ3v) is 6.60. The van der Waals surface area contributed by atoms with Crippen LogP contribution >= 0.6 is 0 Å². The van der Waals surface area contributed by atoms with E-state index in [2.05, 4.69) is 15.1 Å². The van der Waals surface area contributed by atoms with Crippen LogP contribution in [0.1, 0.15) is 34.6 Å². The number of esters is 1. The van der Waals surface area contributed by atoms with Crippen molar-refractivity contribution in [1.82, 2.24) is 24.1 Å². The van der Waals surface area contributed by atoms with Crippen LogP contribution in [-0.2, 0) is 18.4 Å². The van der Waals surface area contributed by atoms with E-state index >= 15 is 0 Å². The number of benzene rings is 2. The monoisotopic (exact) mass is 468 g/mol. The van der Waals surface area contributed by atoms with Gasteiger partial charge >= 0.3 is 5.97 Å². The van der Waals surface area contributed by atoms with Gasteiger partial charge in [-0.3, -0.25) is 13.8 Å². The molecule has 1 saturated heterocycles. The van der Waals surface area contributed by atoms with Crippen LogP contribution in [0.4, 0.5) is 5.82 Å². The maximum absolute atomic E-state index is 13.3. The minimum Gasteiger partial charge on any atom is -0.454 e. The lowest BCUT2D eigenvalue weighted by Crippen LogP contribution is -2.23. The first-order valence-corrected chi connectivity index (χ1v) is 11.7. The van der Waals surface area contributed by atoms with Crippen LogP contribution in [0.25, 0.3) is 27.6 Å². The van der Waals surface area contributed by atoms with Crippen molar-refractivity contribution in [3.05, 3.63) is 75.8 Å². The predicted octanol–water partition coefficient (Wildman–Crippen LogP) is 3.40. The van der Waals surface area contributed by atoms with Crippen molar-refractivity contribution in [1.29, 1.82) is 0 Å². The predicted molar refractivity (Wildman–Crippen MR) is 133 cm³/mol. The minimum atomic E-state index is -0.466. The zero-order chi connectivity index (χ0) is 24.1. The van der Waals surface area contributed by atoms with Gasteiger partial charge in [-0.1, -0.05) is 29.8 Å². The van der Waals surface area contributed by atoms with E-state index < -0.39 is 5.97 Å². The number of hydrogen-bond acceptors (Lipinski definition) is 7. The molecule has 9 nitrogen and oxygen atoms in total. The fraction of sp³-hybridized carbons (Fsp3) is 0.269. The van der Waals surface area contributed by atoms with Crippen molar-refractivity contribution in [2.45, 2.75) is 26.4 Å². The summed E-state index contributed by atoms with van der Waals surface area (Å²) in [6.45, 7) is 3.57. The lowest BCUT2D eigenvalue weighted by molar-refractivity contribution is 0.0462. The molecule has 0 atom stereocenters. The molecule has 2 aromatic carbocycles. The number of nitrogens with zero attached hydrogens (tertiary/aromatic N) is 6. The van der Waals surface area contributed by atoms with Gasteiger partial charge in [0.25, 0.3) is 5.56 Å². The number of carbonyl (C=O) groups excluding carboxylic acids is 1. The molecule has 0 aliphatic carbocycles. The van der Waals surface area contributed by atoms with Gasteiger partial charge in [0.1, 0.15) is 11.4 Å². The van der Waals surface area contributed by atoms with Gasteiger partial charge in [-0.05, 0) is 44.0 Å². The number of ether oxygens (including phenoxy) is 1. The first-order chi connectivity index (χ1) is 17.0. The number of anilines is 1. The van der Waals surface area contributed by atoms with E-state index in [4.69, 9.17) is 9.72 Å². The molecule has 176 valence electrons. The summed E-state index contributed by atoms with van der Waals surface area (Å²) >= 11 is 0. The summed E-state index contributed by atoms with van der Waals surface area (Å²) in [6, 6.07) is 15.2. The molecule has 0 radical (unpaired) electrons. The Hall–Kier alpha value is -4.27. The Balaban J connectivity index is 1.39. The van der Waals surface area contributed by atoms with Gasteiger partial charge in [0.2, 0.25) is 5.78 Å². The third-order valence-electron chi connectivity index (χ3n) is 6.60. The second-order valence-electron chi connectivity index (χ2n) is 8.96. The van der Waals surface area contributed by atoms with Crippen LogP contribution in [-0.4, -0.2) is 43.2 Å². The summed E-state index contributed by atoms with van der Waals surface area (Å²) in [6.07, 6.45) is 2.14. The second kappa shape index (κ2) is 8.19. The number of aryl methyl sites for hydroxylation is 2. The fourth-order valence-corrected chi connectivity index (χ4v) is 4.79. The van der Waals surface area contributed by atoms with Gasteiger partial charge in [-0.15, -0.1) is 10.2 Å². The zero-order valence-electron chi connectivity index (χ0n) is 19.6. The third kappa shape index (κ3) is 3.51. The topological polar surface area (TPSA) is 94.6 Å². The van der Waals surface area contributed by atoms with E-state index in [1.807, 2.05) is 55.5 Å². The van der Waals surface area contributed by atoms with Crippen molar-refractivity contribution < 1.29 is 9.53 Å². The molecule has 0 N–H and O–H groups in total. The summed E-state index contributed by atoms with van der Waals surface area (Å²) in [5, 5.41) is 9.86. The van der Waals surface area contributed by atoms with Crippen LogP contribution < -0.4 is 10.5 Å². The standard InChI is InChI=1S/C26H24N6O3/c1-16-9-10-21-18(13-16)24(33)30(2)26-29-28-22(32(21)26)15-35-25(34)19-14-17-7-3-4-8-20(17)27-23(19)31-11-5-6-12-31/h3-4,7-10,13-14H,5-6,11-12,15H2,1-2H3. The quantitative estimate of drug-likeness (QED) is 0.373. The number of hydrogen-bond donors (Lipinski definition) is 0. The number of aromatic nitrogens is 5. The lowest BCUT2D eigenvalue weighted by Gasteiger charge is -2.20. The zero-order valence-corrected chi connectivity index (χ0v) is 19.6. The van der Waals surface area contributed by atoms with Crippen LogP contribution in [0.15, 0.2) is 53.3 Å². The van der Waals surface area contributed by atoms with Crippen LogP contribution in [0, 0.1) is 6.92 Å².